The Morgan fingerprint density at radius 3 is 2.68 bits per heavy atom. The van der Waals surface area contributed by atoms with E-state index in [1.54, 1.807) is 11.8 Å². The number of aryl methyl sites for hydroxylation is 3. The summed E-state index contributed by atoms with van der Waals surface area (Å²) < 4.78 is 7.14. The highest BCUT2D eigenvalue weighted by Crippen LogP contribution is 2.27. The first-order valence-corrected chi connectivity index (χ1v) is 6.47. The highest BCUT2D eigenvalue weighted by molar-refractivity contribution is 6.31. The molecule has 19 heavy (non-hydrogen) atoms. The van der Waals surface area contributed by atoms with Gasteiger partial charge >= 0.3 is 0 Å². The third kappa shape index (κ3) is 2.84. The normalized spacial score (nSPS) is 10.6. The zero-order valence-electron chi connectivity index (χ0n) is 11.6. The van der Waals surface area contributed by atoms with Gasteiger partial charge in [0, 0.05) is 7.05 Å². The molecule has 1 heterocycles. The first kappa shape index (κ1) is 13.7. The molecular formula is C14H18ClN3O. The van der Waals surface area contributed by atoms with Crippen LogP contribution in [0.15, 0.2) is 18.2 Å². The van der Waals surface area contributed by atoms with Crippen molar-refractivity contribution in [3.05, 3.63) is 40.2 Å². The fourth-order valence-electron chi connectivity index (χ4n) is 2.01. The predicted molar refractivity (Wildman–Crippen MR) is 78.0 cm³/mol. The van der Waals surface area contributed by atoms with E-state index in [9.17, 15) is 0 Å². The van der Waals surface area contributed by atoms with Gasteiger partial charge in [0.15, 0.2) is 0 Å². The van der Waals surface area contributed by atoms with Gasteiger partial charge in [-0.2, -0.15) is 5.10 Å². The maximum Gasteiger partial charge on any atom is 0.141 e. The molecule has 0 fully saturated rings. The Kier molecular flexibility index (Phi) is 4.00. The van der Waals surface area contributed by atoms with Crippen molar-refractivity contribution in [1.82, 2.24) is 9.78 Å². The molecule has 4 nitrogen and oxygen atoms in total. The van der Waals surface area contributed by atoms with Gasteiger partial charge in [-0.1, -0.05) is 17.7 Å². The van der Waals surface area contributed by atoms with E-state index in [0.717, 1.165) is 22.8 Å². The van der Waals surface area contributed by atoms with Crippen LogP contribution in [0.2, 0.25) is 5.02 Å². The van der Waals surface area contributed by atoms with Crippen LogP contribution in [-0.4, -0.2) is 16.9 Å². The molecule has 1 aromatic heterocycles. The average Bonchev–Trinajstić information content (AvgIpc) is 2.61. The number of rotatable bonds is 4. The van der Waals surface area contributed by atoms with Crippen LogP contribution in [-0.2, 0) is 13.6 Å². The van der Waals surface area contributed by atoms with Crippen LogP contribution in [0.1, 0.15) is 17.0 Å². The highest BCUT2D eigenvalue weighted by atomic mass is 35.5. The summed E-state index contributed by atoms with van der Waals surface area (Å²) in [4.78, 5) is 0. The number of methoxy groups -OCH3 is 1. The number of benzene rings is 1. The van der Waals surface area contributed by atoms with E-state index < -0.39 is 0 Å². The number of aromatic nitrogens is 2. The van der Waals surface area contributed by atoms with Gasteiger partial charge in [0.05, 0.1) is 35.8 Å². The molecule has 0 aliphatic carbocycles. The molecular weight excluding hydrogens is 262 g/mol. The lowest BCUT2D eigenvalue weighted by molar-refractivity contribution is 0.416. The van der Waals surface area contributed by atoms with Gasteiger partial charge in [0.25, 0.3) is 0 Å². The highest BCUT2D eigenvalue weighted by Gasteiger charge is 2.11. The Hall–Kier alpha value is -1.68. The van der Waals surface area contributed by atoms with E-state index in [1.807, 2.05) is 33.0 Å². The molecule has 1 N–H and O–H groups in total. The molecule has 5 heteroatoms. The lowest BCUT2D eigenvalue weighted by atomic mass is 10.2. The van der Waals surface area contributed by atoms with Crippen LogP contribution in [0.4, 0.5) is 5.69 Å². The largest absolute Gasteiger partial charge is 0.495 e. The maximum atomic E-state index is 6.23. The molecule has 2 rings (SSSR count). The smallest absolute Gasteiger partial charge is 0.141 e. The van der Waals surface area contributed by atoms with Crippen molar-refractivity contribution in [1.29, 1.82) is 0 Å². The van der Waals surface area contributed by atoms with Crippen molar-refractivity contribution in [2.45, 2.75) is 20.4 Å². The molecule has 0 amide bonds. The Morgan fingerprint density at radius 1 is 1.37 bits per heavy atom. The Morgan fingerprint density at radius 2 is 2.11 bits per heavy atom. The molecule has 0 unspecified atom stereocenters. The molecule has 0 aliphatic heterocycles. The van der Waals surface area contributed by atoms with Gasteiger partial charge < -0.3 is 10.1 Å². The molecule has 0 saturated carbocycles. The minimum atomic E-state index is 0.607. The topological polar surface area (TPSA) is 39.1 Å². The van der Waals surface area contributed by atoms with Gasteiger partial charge in [-0.05, 0) is 31.5 Å². The number of nitrogens with one attached hydrogen (secondary N) is 1. The number of anilines is 1. The Bertz CT molecular complexity index is 593. The third-order valence-corrected chi connectivity index (χ3v) is 3.55. The monoisotopic (exact) mass is 279 g/mol. The molecule has 102 valence electrons. The van der Waals surface area contributed by atoms with Crippen molar-refractivity contribution in [2.24, 2.45) is 7.05 Å². The number of halogens is 1. The molecule has 0 spiro atoms. The summed E-state index contributed by atoms with van der Waals surface area (Å²) in [6.45, 7) is 4.56. The number of hydrogen-bond donors (Lipinski definition) is 1. The van der Waals surface area contributed by atoms with Gasteiger partial charge in [-0.25, -0.2) is 0 Å². The van der Waals surface area contributed by atoms with E-state index in [2.05, 4.69) is 16.5 Å². The van der Waals surface area contributed by atoms with Crippen LogP contribution in [0.25, 0.3) is 0 Å². The summed E-state index contributed by atoms with van der Waals surface area (Å²) in [5, 5.41) is 8.35. The van der Waals surface area contributed by atoms with E-state index in [0.29, 0.717) is 11.6 Å². The lowest BCUT2D eigenvalue weighted by Crippen LogP contribution is -2.07. The fraction of sp³-hybridized carbons (Fsp3) is 0.357. The molecule has 0 bridgehead atoms. The maximum absolute atomic E-state index is 6.23. The fourth-order valence-corrected chi connectivity index (χ4v) is 2.24. The Balaban J connectivity index is 2.21. The second kappa shape index (κ2) is 5.53. The van der Waals surface area contributed by atoms with Crippen molar-refractivity contribution >= 4 is 17.3 Å². The van der Waals surface area contributed by atoms with Crippen LogP contribution in [0, 0.1) is 13.8 Å². The lowest BCUT2D eigenvalue weighted by Gasteiger charge is -2.12. The number of ether oxygens (including phenoxy) is 1. The SMILES string of the molecule is COc1ccc(C)cc1NCc1c(Cl)c(C)nn1C. The van der Waals surface area contributed by atoms with Gasteiger partial charge in [0.2, 0.25) is 0 Å². The minimum Gasteiger partial charge on any atom is -0.495 e. The van der Waals surface area contributed by atoms with Gasteiger partial charge in [-0.3, -0.25) is 4.68 Å². The molecule has 1 aromatic carbocycles. The van der Waals surface area contributed by atoms with E-state index in [1.165, 1.54) is 5.56 Å². The summed E-state index contributed by atoms with van der Waals surface area (Å²) >= 11 is 6.23. The number of hydrogen-bond acceptors (Lipinski definition) is 3. The standard InChI is InChI=1S/C14H18ClN3O/c1-9-5-6-13(19-4)11(7-9)16-8-12-14(15)10(2)17-18(12)3/h5-7,16H,8H2,1-4H3. The summed E-state index contributed by atoms with van der Waals surface area (Å²) in [6, 6.07) is 6.02. The van der Waals surface area contributed by atoms with E-state index in [-0.39, 0.29) is 0 Å². The van der Waals surface area contributed by atoms with Gasteiger partial charge in [0.1, 0.15) is 5.75 Å². The van der Waals surface area contributed by atoms with Crippen molar-refractivity contribution in [3.8, 4) is 5.75 Å². The van der Waals surface area contributed by atoms with Crippen LogP contribution in [0.5, 0.6) is 5.75 Å². The second-order valence-corrected chi connectivity index (χ2v) is 4.90. The summed E-state index contributed by atoms with van der Waals surface area (Å²) in [5.41, 5.74) is 3.94. The first-order chi connectivity index (χ1) is 9.02. The van der Waals surface area contributed by atoms with E-state index in [4.69, 9.17) is 16.3 Å². The van der Waals surface area contributed by atoms with Crippen molar-refractivity contribution in [3.63, 3.8) is 0 Å². The molecule has 0 saturated heterocycles. The molecule has 2 aromatic rings. The molecule has 0 atom stereocenters. The van der Waals surface area contributed by atoms with Crippen LogP contribution in [0.3, 0.4) is 0 Å². The summed E-state index contributed by atoms with van der Waals surface area (Å²) in [6.07, 6.45) is 0. The van der Waals surface area contributed by atoms with Gasteiger partial charge in [-0.15, -0.1) is 0 Å². The molecule has 0 radical (unpaired) electrons. The average molecular weight is 280 g/mol. The molecule has 0 aliphatic rings. The summed E-state index contributed by atoms with van der Waals surface area (Å²) in [7, 11) is 3.56. The zero-order chi connectivity index (χ0) is 14.0. The predicted octanol–water partition coefficient (Wildman–Crippen LogP) is 3.31. The zero-order valence-corrected chi connectivity index (χ0v) is 12.4. The van der Waals surface area contributed by atoms with Crippen molar-refractivity contribution < 1.29 is 4.74 Å². The number of nitrogens with zero attached hydrogens (tertiary/aromatic N) is 2. The second-order valence-electron chi connectivity index (χ2n) is 4.53. The van der Waals surface area contributed by atoms with Crippen LogP contribution >= 0.6 is 11.6 Å². The summed E-state index contributed by atoms with van der Waals surface area (Å²) in [5.74, 6) is 0.820. The minimum absolute atomic E-state index is 0.607. The van der Waals surface area contributed by atoms with Crippen molar-refractivity contribution in [2.75, 3.05) is 12.4 Å². The Labute approximate surface area is 118 Å². The first-order valence-electron chi connectivity index (χ1n) is 6.09. The third-order valence-electron chi connectivity index (χ3n) is 3.06. The quantitative estimate of drug-likeness (QED) is 0.933. The van der Waals surface area contributed by atoms with Crippen LogP contribution < -0.4 is 10.1 Å². The van der Waals surface area contributed by atoms with E-state index >= 15 is 0 Å².